The van der Waals surface area contributed by atoms with Crippen molar-refractivity contribution in [2.45, 2.75) is 45.8 Å². The maximum Gasteiger partial charge on any atom is 0.244 e. The molecule has 0 heterocycles. The molecule has 0 spiro atoms. The molecule has 0 radical (unpaired) electrons. The minimum Gasteiger partial charge on any atom is -0.352 e. The minimum atomic E-state index is -3.76. The number of benzene rings is 2. The number of anilines is 1. The lowest BCUT2D eigenvalue weighted by Crippen LogP contribution is -2.53. The molecular weight excluding hydrogens is 530 g/mol. The van der Waals surface area contributed by atoms with Gasteiger partial charge in [-0.3, -0.25) is 13.9 Å². The van der Waals surface area contributed by atoms with E-state index in [2.05, 4.69) is 21.2 Å². The zero-order valence-corrected chi connectivity index (χ0v) is 22.2. The molecule has 33 heavy (non-hydrogen) atoms. The molecular formula is C23H29BrClN3O4S. The molecule has 2 amide bonds. The fraction of sp³-hybridized carbons (Fsp3) is 0.391. The monoisotopic (exact) mass is 557 g/mol. The number of rotatable bonds is 10. The molecule has 0 aliphatic heterocycles. The molecule has 0 saturated heterocycles. The number of hydrogen-bond donors (Lipinski definition) is 1. The van der Waals surface area contributed by atoms with Gasteiger partial charge >= 0.3 is 0 Å². The number of hydrogen-bond acceptors (Lipinski definition) is 4. The molecule has 1 atom stereocenters. The van der Waals surface area contributed by atoms with Crippen LogP contribution in [-0.2, 0) is 26.2 Å². The molecule has 1 unspecified atom stereocenters. The molecule has 7 nitrogen and oxygen atoms in total. The summed E-state index contributed by atoms with van der Waals surface area (Å²) in [6, 6.07) is 12.7. The molecule has 180 valence electrons. The van der Waals surface area contributed by atoms with Gasteiger partial charge in [-0.2, -0.15) is 0 Å². The Bertz CT molecular complexity index is 1060. The van der Waals surface area contributed by atoms with E-state index in [1.165, 1.54) is 4.90 Å². The van der Waals surface area contributed by atoms with Crippen molar-refractivity contribution in [1.82, 2.24) is 10.2 Å². The summed E-state index contributed by atoms with van der Waals surface area (Å²) in [6.07, 6.45) is 1.42. The van der Waals surface area contributed by atoms with Gasteiger partial charge in [0.1, 0.15) is 12.6 Å². The van der Waals surface area contributed by atoms with Crippen LogP contribution in [0.15, 0.2) is 53.0 Å². The van der Waals surface area contributed by atoms with Gasteiger partial charge in [0.2, 0.25) is 21.8 Å². The van der Waals surface area contributed by atoms with Crippen LogP contribution in [0.4, 0.5) is 5.69 Å². The Kier molecular flexibility index (Phi) is 9.75. The summed E-state index contributed by atoms with van der Waals surface area (Å²) < 4.78 is 26.9. The molecule has 0 aromatic heterocycles. The summed E-state index contributed by atoms with van der Waals surface area (Å²) in [4.78, 5) is 27.8. The van der Waals surface area contributed by atoms with Gasteiger partial charge in [0.05, 0.1) is 11.9 Å². The SMILES string of the molecule is CCC(C(=O)NC(C)C)N(Cc1ccc(Cl)cc1)C(=O)CN(c1ccc(Br)cc1)S(C)(=O)=O. The van der Waals surface area contributed by atoms with E-state index >= 15 is 0 Å². The topological polar surface area (TPSA) is 86.8 Å². The number of carbonyl (C=O) groups is 2. The number of nitrogens with one attached hydrogen (secondary N) is 1. The van der Waals surface area contributed by atoms with E-state index < -0.39 is 28.5 Å². The van der Waals surface area contributed by atoms with E-state index in [9.17, 15) is 18.0 Å². The van der Waals surface area contributed by atoms with Crippen LogP contribution < -0.4 is 9.62 Å². The van der Waals surface area contributed by atoms with Gasteiger partial charge in [0.25, 0.3) is 0 Å². The van der Waals surface area contributed by atoms with Crippen LogP contribution in [0.25, 0.3) is 0 Å². The molecule has 2 rings (SSSR count). The quantitative estimate of drug-likeness (QED) is 0.474. The molecule has 0 bridgehead atoms. The number of sulfonamides is 1. The first-order valence-corrected chi connectivity index (χ1v) is 13.5. The van der Waals surface area contributed by atoms with Crippen LogP contribution in [0, 0.1) is 0 Å². The molecule has 2 aromatic rings. The Labute approximate surface area is 209 Å². The largest absolute Gasteiger partial charge is 0.352 e. The highest BCUT2D eigenvalue weighted by Gasteiger charge is 2.31. The van der Waals surface area contributed by atoms with Crippen molar-refractivity contribution in [3.05, 3.63) is 63.6 Å². The highest BCUT2D eigenvalue weighted by atomic mass is 79.9. The van der Waals surface area contributed by atoms with Crippen molar-refractivity contribution in [2.75, 3.05) is 17.1 Å². The fourth-order valence-electron chi connectivity index (χ4n) is 3.31. The first kappa shape index (κ1) is 27.1. The van der Waals surface area contributed by atoms with Crippen molar-refractivity contribution < 1.29 is 18.0 Å². The molecule has 1 N–H and O–H groups in total. The Balaban J connectivity index is 2.42. The van der Waals surface area contributed by atoms with E-state index in [4.69, 9.17) is 11.6 Å². The van der Waals surface area contributed by atoms with Crippen LogP contribution in [0.3, 0.4) is 0 Å². The predicted molar refractivity (Wildman–Crippen MR) is 136 cm³/mol. The molecule has 0 fully saturated rings. The lowest BCUT2D eigenvalue weighted by atomic mass is 10.1. The predicted octanol–water partition coefficient (Wildman–Crippen LogP) is 4.20. The van der Waals surface area contributed by atoms with Crippen molar-refractivity contribution in [3.63, 3.8) is 0 Å². The molecule has 0 aliphatic carbocycles. The van der Waals surface area contributed by atoms with Crippen LogP contribution in [0.2, 0.25) is 5.02 Å². The first-order chi connectivity index (χ1) is 15.4. The normalized spacial score (nSPS) is 12.3. The van der Waals surface area contributed by atoms with Gasteiger partial charge in [-0.05, 0) is 62.2 Å². The maximum atomic E-state index is 13.5. The summed E-state index contributed by atoms with van der Waals surface area (Å²) in [7, 11) is -3.76. The molecule has 0 saturated carbocycles. The molecule has 0 aliphatic rings. The lowest BCUT2D eigenvalue weighted by molar-refractivity contribution is -0.140. The third-order valence-electron chi connectivity index (χ3n) is 4.88. The number of halogens is 2. The van der Waals surface area contributed by atoms with Gasteiger partial charge in [-0.1, -0.05) is 46.6 Å². The third-order valence-corrected chi connectivity index (χ3v) is 6.80. The summed E-state index contributed by atoms with van der Waals surface area (Å²) in [6.45, 7) is 5.21. The number of carbonyl (C=O) groups excluding carboxylic acids is 2. The lowest BCUT2D eigenvalue weighted by Gasteiger charge is -2.33. The van der Waals surface area contributed by atoms with Crippen LogP contribution in [-0.4, -0.2) is 50.0 Å². The van der Waals surface area contributed by atoms with Crippen molar-refractivity contribution >= 4 is 55.1 Å². The summed E-state index contributed by atoms with van der Waals surface area (Å²) in [5.41, 5.74) is 1.14. The Morgan fingerprint density at radius 3 is 2.12 bits per heavy atom. The van der Waals surface area contributed by atoms with Gasteiger partial charge in [-0.25, -0.2) is 8.42 Å². The second-order valence-corrected chi connectivity index (χ2v) is 11.2. The van der Waals surface area contributed by atoms with E-state index in [1.807, 2.05) is 20.8 Å². The minimum absolute atomic E-state index is 0.102. The average molecular weight is 559 g/mol. The van der Waals surface area contributed by atoms with Crippen LogP contribution in [0.5, 0.6) is 0 Å². The summed E-state index contributed by atoms with van der Waals surface area (Å²) in [5, 5.41) is 3.41. The zero-order valence-electron chi connectivity index (χ0n) is 19.1. The van der Waals surface area contributed by atoms with Gasteiger partial charge in [0, 0.05) is 22.1 Å². The second kappa shape index (κ2) is 11.9. The van der Waals surface area contributed by atoms with Crippen molar-refractivity contribution in [3.8, 4) is 0 Å². The first-order valence-electron chi connectivity index (χ1n) is 10.5. The second-order valence-electron chi connectivity index (χ2n) is 7.98. The Morgan fingerprint density at radius 2 is 1.64 bits per heavy atom. The zero-order chi connectivity index (χ0) is 24.8. The van der Waals surface area contributed by atoms with Gasteiger partial charge in [0.15, 0.2) is 0 Å². The van der Waals surface area contributed by atoms with E-state index in [0.717, 1.165) is 20.6 Å². The summed E-state index contributed by atoms with van der Waals surface area (Å²) >= 11 is 9.31. The Hall–Kier alpha value is -2.10. The number of amides is 2. The third kappa shape index (κ3) is 8.01. The molecule has 2 aromatic carbocycles. The van der Waals surface area contributed by atoms with Gasteiger partial charge < -0.3 is 10.2 Å². The van der Waals surface area contributed by atoms with E-state index in [1.54, 1.807) is 48.5 Å². The van der Waals surface area contributed by atoms with E-state index in [-0.39, 0.29) is 18.5 Å². The van der Waals surface area contributed by atoms with Crippen molar-refractivity contribution in [1.29, 1.82) is 0 Å². The van der Waals surface area contributed by atoms with Crippen LogP contribution >= 0.6 is 27.5 Å². The molecule has 10 heteroatoms. The standard InChI is InChI=1S/C23H29BrClN3O4S/c1-5-21(23(30)26-16(2)3)27(14-17-6-10-19(25)11-7-17)22(29)15-28(33(4,31)32)20-12-8-18(24)9-13-20/h6-13,16,21H,5,14-15H2,1-4H3,(H,26,30). The smallest absolute Gasteiger partial charge is 0.244 e. The highest BCUT2D eigenvalue weighted by molar-refractivity contribution is 9.10. The van der Waals surface area contributed by atoms with E-state index in [0.29, 0.717) is 17.1 Å². The highest BCUT2D eigenvalue weighted by Crippen LogP contribution is 2.22. The number of nitrogens with zero attached hydrogens (tertiary/aromatic N) is 2. The van der Waals surface area contributed by atoms with Crippen LogP contribution in [0.1, 0.15) is 32.8 Å². The van der Waals surface area contributed by atoms with Crippen molar-refractivity contribution in [2.24, 2.45) is 0 Å². The Morgan fingerprint density at radius 1 is 1.06 bits per heavy atom. The average Bonchev–Trinajstić information content (AvgIpc) is 2.72. The maximum absolute atomic E-state index is 13.5. The summed E-state index contributed by atoms with van der Waals surface area (Å²) in [5.74, 6) is -0.770. The fourth-order valence-corrected chi connectivity index (χ4v) is 4.55. The van der Waals surface area contributed by atoms with Gasteiger partial charge in [-0.15, -0.1) is 0 Å².